The van der Waals surface area contributed by atoms with Crippen molar-refractivity contribution in [1.82, 2.24) is 5.32 Å². The number of carbonyl (C=O) groups excluding carboxylic acids is 2. The van der Waals surface area contributed by atoms with Crippen LogP contribution < -0.4 is 5.32 Å². The Kier molecular flexibility index (Phi) is 70.4. The number of rotatable bonds is 71. The largest absolute Gasteiger partial charge is 0.466 e. The molecule has 0 aromatic carbocycles. The van der Waals surface area contributed by atoms with Crippen LogP contribution in [0, 0.1) is 0 Å². The van der Waals surface area contributed by atoms with Gasteiger partial charge in [0.15, 0.2) is 0 Å². The maximum atomic E-state index is 12.5. The van der Waals surface area contributed by atoms with Gasteiger partial charge in [0.25, 0.3) is 0 Å². The molecule has 6 nitrogen and oxygen atoms in total. The van der Waals surface area contributed by atoms with Crippen LogP contribution in [0.15, 0.2) is 24.3 Å². The van der Waals surface area contributed by atoms with E-state index in [1.165, 1.54) is 347 Å². The van der Waals surface area contributed by atoms with Crippen LogP contribution in [-0.4, -0.2) is 47.4 Å². The van der Waals surface area contributed by atoms with Crippen molar-refractivity contribution in [2.75, 3.05) is 13.2 Å². The lowest BCUT2D eigenvalue weighted by Crippen LogP contribution is -2.45. The molecule has 0 bridgehead atoms. The van der Waals surface area contributed by atoms with Gasteiger partial charge in [0.1, 0.15) is 0 Å². The molecule has 0 heterocycles. The number of nitrogens with one attached hydrogen (secondary N) is 1. The first-order valence-electron chi connectivity index (χ1n) is 37.6. The van der Waals surface area contributed by atoms with Gasteiger partial charge in [0.2, 0.25) is 5.91 Å². The summed E-state index contributed by atoms with van der Waals surface area (Å²) in [6, 6.07) is -0.540. The lowest BCUT2D eigenvalue weighted by molar-refractivity contribution is -0.143. The topological polar surface area (TPSA) is 95.9 Å². The van der Waals surface area contributed by atoms with E-state index in [9.17, 15) is 19.8 Å². The van der Waals surface area contributed by atoms with Gasteiger partial charge < -0.3 is 20.3 Å². The van der Waals surface area contributed by atoms with E-state index >= 15 is 0 Å². The highest BCUT2D eigenvalue weighted by atomic mass is 16.5. The van der Waals surface area contributed by atoms with Gasteiger partial charge in [-0.15, -0.1) is 0 Å². The number of hydrogen-bond donors (Lipinski definition) is 3. The third-order valence-electron chi connectivity index (χ3n) is 17.7. The average molecular weight is 1160 g/mol. The van der Waals surface area contributed by atoms with Crippen LogP contribution >= 0.6 is 0 Å². The molecule has 0 saturated heterocycles. The Morgan fingerprint density at radius 3 is 0.866 bits per heavy atom. The summed E-state index contributed by atoms with van der Waals surface area (Å²) >= 11 is 0. The molecule has 0 aromatic rings. The molecule has 0 aromatic heterocycles. The normalized spacial score (nSPS) is 12.6. The van der Waals surface area contributed by atoms with Gasteiger partial charge >= 0.3 is 5.97 Å². The molecule has 0 aliphatic rings. The molecular weight excluding hydrogens is 1010 g/mol. The number of aliphatic hydroxyl groups excluding tert-OH is 2. The summed E-state index contributed by atoms with van der Waals surface area (Å²) in [5, 5.41) is 23.4. The fourth-order valence-corrected chi connectivity index (χ4v) is 12.0. The molecule has 3 N–H and O–H groups in total. The second-order valence-electron chi connectivity index (χ2n) is 26.0. The Morgan fingerprint density at radius 1 is 0.329 bits per heavy atom. The van der Waals surface area contributed by atoms with E-state index in [-0.39, 0.29) is 18.5 Å². The van der Waals surface area contributed by atoms with Crippen LogP contribution in [0.25, 0.3) is 0 Å². The molecule has 0 radical (unpaired) electrons. The Labute approximate surface area is 513 Å². The minimum atomic E-state index is -0.663. The molecular formula is C76H147NO5. The van der Waals surface area contributed by atoms with Crippen LogP contribution in [0.4, 0.5) is 0 Å². The fraction of sp³-hybridized carbons (Fsp3) is 0.921. The van der Waals surface area contributed by atoms with Crippen LogP contribution in [0.3, 0.4) is 0 Å². The first kappa shape index (κ1) is 80.3. The number of hydrogen-bond acceptors (Lipinski definition) is 5. The van der Waals surface area contributed by atoms with Crippen molar-refractivity contribution in [3.63, 3.8) is 0 Å². The van der Waals surface area contributed by atoms with Crippen molar-refractivity contribution >= 4 is 11.9 Å². The monoisotopic (exact) mass is 1150 g/mol. The summed E-state index contributed by atoms with van der Waals surface area (Å²) in [7, 11) is 0. The highest BCUT2D eigenvalue weighted by molar-refractivity contribution is 5.76. The lowest BCUT2D eigenvalue weighted by Gasteiger charge is -2.22. The fourth-order valence-electron chi connectivity index (χ4n) is 12.0. The van der Waals surface area contributed by atoms with Crippen molar-refractivity contribution in [2.24, 2.45) is 0 Å². The quantitative estimate of drug-likeness (QED) is 0.0320. The number of ether oxygens (including phenoxy) is 1. The van der Waals surface area contributed by atoms with Crippen molar-refractivity contribution in [2.45, 2.75) is 437 Å². The van der Waals surface area contributed by atoms with E-state index in [0.29, 0.717) is 25.9 Å². The van der Waals surface area contributed by atoms with Crippen LogP contribution in [0.5, 0.6) is 0 Å². The van der Waals surface area contributed by atoms with E-state index in [1.807, 2.05) is 0 Å². The molecule has 0 aliphatic heterocycles. The predicted octanol–water partition coefficient (Wildman–Crippen LogP) is 24.5. The summed E-state index contributed by atoms with van der Waals surface area (Å²) in [6.45, 7) is 4.99. The van der Waals surface area contributed by atoms with Crippen molar-refractivity contribution in [3.8, 4) is 0 Å². The second-order valence-corrected chi connectivity index (χ2v) is 26.0. The summed E-state index contributed by atoms with van der Waals surface area (Å²) in [4.78, 5) is 24.6. The van der Waals surface area contributed by atoms with E-state index in [2.05, 4.69) is 43.5 Å². The highest BCUT2D eigenvalue weighted by Crippen LogP contribution is 2.19. The standard InChI is InChI=1S/C76H147NO5/c1-3-5-7-9-11-13-15-17-19-21-38-42-46-50-54-58-62-66-70-76(81)82-71-67-63-59-55-51-47-43-39-36-34-32-30-28-26-24-22-23-25-27-29-31-33-35-37-41-45-49-53-57-61-65-69-75(80)77-73(72-78)74(79)68-64-60-56-52-48-44-40-20-18-16-14-12-10-8-6-4-2/h19,21,24,26,73-74,78-79H,3-18,20,22-23,25,27-72H2,1-2H3,(H,77,80)/b21-19-,26-24-. The summed E-state index contributed by atoms with van der Waals surface area (Å²) in [5.41, 5.74) is 0. The number of amides is 1. The van der Waals surface area contributed by atoms with Gasteiger partial charge in [-0.25, -0.2) is 0 Å². The van der Waals surface area contributed by atoms with Crippen LogP contribution in [0.1, 0.15) is 425 Å². The number of aliphatic hydroxyl groups is 2. The highest BCUT2D eigenvalue weighted by Gasteiger charge is 2.20. The molecule has 1 amide bonds. The maximum absolute atomic E-state index is 12.5. The van der Waals surface area contributed by atoms with Gasteiger partial charge in [0, 0.05) is 12.8 Å². The van der Waals surface area contributed by atoms with Crippen molar-refractivity contribution in [3.05, 3.63) is 24.3 Å². The zero-order valence-corrected chi connectivity index (χ0v) is 55.8. The number of allylic oxidation sites excluding steroid dienone is 4. The zero-order chi connectivity index (χ0) is 59.2. The Morgan fingerprint density at radius 2 is 0.573 bits per heavy atom. The minimum absolute atomic E-state index is 0.0157. The Hall–Kier alpha value is -1.66. The lowest BCUT2D eigenvalue weighted by atomic mass is 10.0. The van der Waals surface area contributed by atoms with Gasteiger partial charge in [0.05, 0.1) is 25.4 Å². The molecule has 82 heavy (non-hydrogen) atoms. The molecule has 486 valence electrons. The second kappa shape index (κ2) is 71.8. The minimum Gasteiger partial charge on any atom is -0.466 e. The van der Waals surface area contributed by atoms with E-state index < -0.39 is 12.1 Å². The molecule has 0 spiro atoms. The molecule has 0 aliphatic carbocycles. The number of esters is 1. The molecule has 2 atom stereocenters. The van der Waals surface area contributed by atoms with Gasteiger partial charge in [-0.2, -0.15) is 0 Å². The van der Waals surface area contributed by atoms with Crippen LogP contribution in [-0.2, 0) is 14.3 Å². The third kappa shape index (κ3) is 67.5. The summed E-state index contributed by atoms with van der Waals surface area (Å²) < 4.78 is 5.51. The smallest absolute Gasteiger partial charge is 0.305 e. The predicted molar refractivity (Wildman–Crippen MR) is 361 cm³/mol. The average Bonchev–Trinajstić information content (AvgIpc) is 3.48. The zero-order valence-electron chi connectivity index (χ0n) is 55.8. The van der Waals surface area contributed by atoms with E-state index in [4.69, 9.17) is 4.74 Å². The third-order valence-corrected chi connectivity index (χ3v) is 17.7. The molecule has 2 unspecified atom stereocenters. The van der Waals surface area contributed by atoms with E-state index in [0.717, 1.165) is 44.9 Å². The van der Waals surface area contributed by atoms with E-state index in [1.54, 1.807) is 0 Å². The van der Waals surface area contributed by atoms with Crippen molar-refractivity contribution in [1.29, 1.82) is 0 Å². The first-order chi connectivity index (χ1) is 40.5. The Bertz CT molecular complexity index is 1280. The number of carbonyl (C=O) groups is 2. The van der Waals surface area contributed by atoms with Gasteiger partial charge in [-0.3, -0.25) is 9.59 Å². The molecule has 0 saturated carbocycles. The molecule has 6 heteroatoms. The van der Waals surface area contributed by atoms with Crippen LogP contribution in [0.2, 0.25) is 0 Å². The van der Waals surface area contributed by atoms with Gasteiger partial charge in [-0.05, 0) is 77.0 Å². The SMILES string of the molecule is CCCCCCCCC/C=C\CCCCCCCCCC(=O)OCCCCCCCCCCCCCC/C=C\CCCCCCCCCCCCCCCCCC(=O)NC(CO)C(O)CCCCCCCCCCCCCCCCCC. The molecule has 0 rings (SSSR count). The summed E-state index contributed by atoms with van der Waals surface area (Å²) in [5.74, 6) is -0.0136. The maximum Gasteiger partial charge on any atom is 0.305 e. The molecule has 0 fully saturated rings. The summed E-state index contributed by atoms with van der Waals surface area (Å²) in [6.07, 6.45) is 91.1. The van der Waals surface area contributed by atoms with Crippen molar-refractivity contribution < 1.29 is 24.5 Å². The number of unbranched alkanes of at least 4 members (excludes halogenated alkanes) is 56. The van der Waals surface area contributed by atoms with Gasteiger partial charge in [-0.1, -0.05) is 359 Å². The Balaban J connectivity index is 3.34. The first-order valence-corrected chi connectivity index (χ1v) is 37.6.